The van der Waals surface area contributed by atoms with Gasteiger partial charge in [0.05, 0.1) is 13.2 Å². The first-order chi connectivity index (χ1) is 12.4. The van der Waals surface area contributed by atoms with E-state index in [0.29, 0.717) is 5.75 Å². The second kappa shape index (κ2) is 9.01. The number of carbonyl (C=O) groups is 2. The van der Waals surface area contributed by atoms with Crippen molar-refractivity contribution in [1.29, 1.82) is 0 Å². The van der Waals surface area contributed by atoms with E-state index in [-0.39, 0.29) is 0 Å². The average molecular weight is 357 g/mol. The van der Waals surface area contributed by atoms with Crippen molar-refractivity contribution < 1.29 is 24.2 Å². The summed E-state index contributed by atoms with van der Waals surface area (Å²) in [5.74, 6) is -0.708. The Morgan fingerprint density at radius 1 is 0.962 bits per heavy atom. The van der Waals surface area contributed by atoms with E-state index in [4.69, 9.17) is 4.74 Å². The van der Waals surface area contributed by atoms with Gasteiger partial charge >= 0.3 is 5.97 Å². The number of carbonyl (C=O) groups excluding carboxylic acids is 2. The molecule has 0 aromatic heterocycles. The molecule has 0 saturated carbocycles. The predicted octanol–water partition coefficient (Wildman–Crippen LogP) is 2.16. The second-order valence-electron chi connectivity index (χ2n) is 5.90. The molecule has 0 spiro atoms. The summed E-state index contributed by atoms with van der Waals surface area (Å²) in [6.07, 6.45) is -1.92. The first kappa shape index (κ1) is 19.5. The Balaban J connectivity index is 1.99. The molecule has 6 heteroatoms. The second-order valence-corrected chi connectivity index (χ2v) is 5.90. The van der Waals surface area contributed by atoms with E-state index in [0.717, 1.165) is 11.1 Å². The van der Waals surface area contributed by atoms with Gasteiger partial charge in [0.15, 0.2) is 12.1 Å². The van der Waals surface area contributed by atoms with Crippen molar-refractivity contribution in [3.63, 3.8) is 0 Å². The number of aliphatic hydroxyl groups is 1. The molecule has 0 aliphatic heterocycles. The molecule has 0 unspecified atom stereocenters. The van der Waals surface area contributed by atoms with Gasteiger partial charge in [0.2, 0.25) is 0 Å². The summed E-state index contributed by atoms with van der Waals surface area (Å²) in [5.41, 5.74) is 2.12. The van der Waals surface area contributed by atoms with Gasteiger partial charge in [-0.3, -0.25) is 4.79 Å². The molecule has 0 aliphatic rings. The standard InChI is InChI=1S/C20H23NO5/c1-13(22)18(20(24)25-3)21-19(23)14(2)26-17-11-9-16(10-12-17)15-7-5-4-6-8-15/h4-14,18,22H,1-3H3,(H,21,23)/t13-,14-,18+/m0/s1. The topological polar surface area (TPSA) is 84.9 Å². The molecular formula is C20H23NO5. The molecule has 2 N–H and O–H groups in total. The van der Waals surface area contributed by atoms with Gasteiger partial charge in [-0.05, 0) is 37.1 Å². The molecule has 3 atom stereocenters. The molecule has 0 heterocycles. The van der Waals surface area contributed by atoms with Gasteiger partial charge in [-0.15, -0.1) is 0 Å². The highest BCUT2D eigenvalue weighted by Crippen LogP contribution is 2.22. The lowest BCUT2D eigenvalue weighted by Crippen LogP contribution is -2.51. The van der Waals surface area contributed by atoms with Crippen LogP contribution < -0.4 is 10.1 Å². The van der Waals surface area contributed by atoms with Crippen LogP contribution in [0, 0.1) is 0 Å². The normalized spacial score (nSPS) is 14.0. The zero-order chi connectivity index (χ0) is 19.1. The number of hydrogen-bond donors (Lipinski definition) is 2. The van der Waals surface area contributed by atoms with Crippen LogP contribution in [-0.2, 0) is 14.3 Å². The third-order valence-corrected chi connectivity index (χ3v) is 3.88. The van der Waals surface area contributed by atoms with Gasteiger partial charge in [0.1, 0.15) is 5.75 Å². The Labute approximate surface area is 152 Å². The van der Waals surface area contributed by atoms with Crippen LogP contribution in [0.3, 0.4) is 0 Å². The molecule has 0 bridgehead atoms. The van der Waals surface area contributed by atoms with Crippen LogP contribution in [0.25, 0.3) is 11.1 Å². The molecule has 2 aromatic carbocycles. The van der Waals surface area contributed by atoms with Crippen molar-refractivity contribution in [2.24, 2.45) is 0 Å². The molecular weight excluding hydrogens is 334 g/mol. The minimum atomic E-state index is -1.14. The summed E-state index contributed by atoms with van der Waals surface area (Å²) >= 11 is 0. The maximum Gasteiger partial charge on any atom is 0.331 e. The molecule has 0 aliphatic carbocycles. The molecule has 26 heavy (non-hydrogen) atoms. The fourth-order valence-electron chi connectivity index (χ4n) is 2.39. The van der Waals surface area contributed by atoms with Crippen LogP contribution in [0.1, 0.15) is 13.8 Å². The highest BCUT2D eigenvalue weighted by atomic mass is 16.5. The van der Waals surface area contributed by atoms with Crippen molar-refractivity contribution in [3.05, 3.63) is 54.6 Å². The number of nitrogens with one attached hydrogen (secondary N) is 1. The zero-order valence-corrected chi connectivity index (χ0v) is 15.0. The number of amides is 1. The van der Waals surface area contributed by atoms with Gasteiger partial charge in [-0.25, -0.2) is 4.79 Å². The van der Waals surface area contributed by atoms with Gasteiger partial charge < -0.3 is 19.9 Å². The van der Waals surface area contributed by atoms with E-state index >= 15 is 0 Å². The Bertz CT molecular complexity index is 728. The van der Waals surface area contributed by atoms with E-state index in [2.05, 4.69) is 10.1 Å². The third-order valence-electron chi connectivity index (χ3n) is 3.88. The lowest BCUT2D eigenvalue weighted by molar-refractivity contribution is -0.148. The monoisotopic (exact) mass is 357 g/mol. The predicted molar refractivity (Wildman–Crippen MR) is 97.6 cm³/mol. The molecule has 0 radical (unpaired) electrons. The van der Waals surface area contributed by atoms with Crippen molar-refractivity contribution in [1.82, 2.24) is 5.32 Å². The van der Waals surface area contributed by atoms with E-state index in [9.17, 15) is 14.7 Å². The minimum Gasteiger partial charge on any atom is -0.481 e. The summed E-state index contributed by atoms with van der Waals surface area (Å²) in [7, 11) is 1.19. The minimum absolute atomic E-state index is 0.520. The molecule has 0 saturated heterocycles. The molecule has 2 aromatic rings. The zero-order valence-electron chi connectivity index (χ0n) is 15.0. The van der Waals surface area contributed by atoms with Gasteiger partial charge in [-0.2, -0.15) is 0 Å². The summed E-state index contributed by atoms with van der Waals surface area (Å²) < 4.78 is 10.2. The highest BCUT2D eigenvalue weighted by Gasteiger charge is 2.28. The first-order valence-corrected chi connectivity index (χ1v) is 8.30. The number of esters is 1. The van der Waals surface area contributed by atoms with Gasteiger partial charge in [0, 0.05) is 0 Å². The van der Waals surface area contributed by atoms with Gasteiger partial charge in [-0.1, -0.05) is 42.5 Å². The van der Waals surface area contributed by atoms with Crippen molar-refractivity contribution in [2.75, 3.05) is 7.11 Å². The summed E-state index contributed by atoms with van der Waals surface area (Å²) in [4.78, 5) is 23.8. The van der Waals surface area contributed by atoms with Crippen molar-refractivity contribution >= 4 is 11.9 Å². The summed E-state index contributed by atoms with van der Waals surface area (Å²) in [6, 6.07) is 16.1. The van der Waals surface area contributed by atoms with Crippen molar-refractivity contribution in [2.45, 2.75) is 32.1 Å². The van der Waals surface area contributed by atoms with Crippen LogP contribution in [0.5, 0.6) is 5.75 Å². The number of hydrogen-bond acceptors (Lipinski definition) is 5. The van der Waals surface area contributed by atoms with E-state index in [1.54, 1.807) is 19.1 Å². The lowest BCUT2D eigenvalue weighted by Gasteiger charge is -2.21. The average Bonchev–Trinajstić information content (AvgIpc) is 2.66. The van der Waals surface area contributed by atoms with Crippen LogP contribution >= 0.6 is 0 Å². The molecule has 0 fully saturated rings. The van der Waals surface area contributed by atoms with Crippen molar-refractivity contribution in [3.8, 4) is 16.9 Å². The number of aliphatic hydroxyl groups excluding tert-OH is 1. The van der Waals surface area contributed by atoms with E-state index in [1.807, 2.05) is 42.5 Å². The van der Waals surface area contributed by atoms with Crippen LogP contribution in [0.15, 0.2) is 54.6 Å². The van der Waals surface area contributed by atoms with E-state index in [1.165, 1.54) is 14.0 Å². The number of rotatable bonds is 7. The molecule has 2 rings (SSSR count). The summed E-state index contributed by atoms with van der Waals surface area (Å²) in [5, 5.41) is 12.1. The fourth-order valence-corrected chi connectivity index (χ4v) is 2.39. The SMILES string of the molecule is COC(=O)[C@H](NC(=O)[C@H](C)Oc1ccc(-c2ccccc2)cc1)[C@H](C)O. The van der Waals surface area contributed by atoms with Gasteiger partial charge in [0.25, 0.3) is 5.91 Å². The third kappa shape index (κ3) is 5.07. The Morgan fingerprint density at radius 2 is 1.54 bits per heavy atom. The molecule has 6 nitrogen and oxygen atoms in total. The maximum absolute atomic E-state index is 12.2. The van der Waals surface area contributed by atoms with E-state index < -0.39 is 30.1 Å². The highest BCUT2D eigenvalue weighted by molar-refractivity contribution is 5.87. The summed E-state index contributed by atoms with van der Waals surface area (Å²) in [6.45, 7) is 2.96. The largest absolute Gasteiger partial charge is 0.481 e. The lowest BCUT2D eigenvalue weighted by atomic mass is 10.1. The van der Waals surface area contributed by atoms with Crippen LogP contribution in [0.4, 0.5) is 0 Å². The smallest absolute Gasteiger partial charge is 0.331 e. The maximum atomic E-state index is 12.2. The Morgan fingerprint density at radius 3 is 2.08 bits per heavy atom. The Hall–Kier alpha value is -2.86. The quantitative estimate of drug-likeness (QED) is 0.742. The number of methoxy groups -OCH3 is 1. The van der Waals surface area contributed by atoms with Crippen LogP contribution in [-0.4, -0.2) is 42.3 Å². The molecule has 1 amide bonds. The first-order valence-electron chi connectivity index (χ1n) is 8.30. The Kier molecular flexibility index (Phi) is 6.74. The number of benzene rings is 2. The molecule has 138 valence electrons. The van der Waals surface area contributed by atoms with Crippen LogP contribution in [0.2, 0.25) is 0 Å². The number of ether oxygens (including phenoxy) is 2. The fraction of sp³-hybridized carbons (Fsp3) is 0.300.